The summed E-state index contributed by atoms with van der Waals surface area (Å²) in [5, 5.41) is 0. The van der Waals surface area contributed by atoms with E-state index in [0.29, 0.717) is 12.6 Å². The van der Waals surface area contributed by atoms with Gasteiger partial charge in [-0.3, -0.25) is 0 Å². The summed E-state index contributed by atoms with van der Waals surface area (Å²) in [6.07, 6.45) is 2.83. The lowest BCUT2D eigenvalue weighted by Crippen LogP contribution is -2.38. The Hall–Kier alpha value is -0.450. The maximum atomic E-state index is 10.9. The largest absolute Gasteiger partial charge is 0.489 e. The number of rotatable bonds is 5. The lowest BCUT2D eigenvalue weighted by atomic mass is 9.96. The van der Waals surface area contributed by atoms with Gasteiger partial charge in [0.05, 0.1) is 11.0 Å². The summed E-state index contributed by atoms with van der Waals surface area (Å²) in [5.74, 6) is 0.775. The van der Waals surface area contributed by atoms with Gasteiger partial charge in [0.1, 0.15) is 23.5 Å². The molecule has 1 aliphatic rings. The molecule has 0 spiro atoms. The fourth-order valence-corrected chi connectivity index (χ4v) is 3.12. The summed E-state index contributed by atoms with van der Waals surface area (Å²) in [7, 11) is 0. The Labute approximate surface area is 137 Å². The topological polar surface area (TPSA) is 29.5 Å². The average molecular weight is 381 g/mol. The first-order valence-corrected chi connectivity index (χ1v) is 8.13. The normalized spacial score (nSPS) is 18.1. The second-order valence-electron chi connectivity index (χ2n) is 4.78. The zero-order valence-electron chi connectivity index (χ0n) is 11.1. The third-order valence-electron chi connectivity index (χ3n) is 3.47. The van der Waals surface area contributed by atoms with Crippen LogP contribution in [0.15, 0.2) is 16.6 Å². The van der Waals surface area contributed by atoms with Crippen LogP contribution in [0.5, 0.6) is 5.75 Å². The SMILES string of the molecule is C[C@H]1CCc2c(ccc(Br)c2OCC(Cl)Cl)N1CC=O. The van der Waals surface area contributed by atoms with Crippen molar-refractivity contribution >= 4 is 51.1 Å². The van der Waals surface area contributed by atoms with E-state index in [0.717, 1.165) is 40.6 Å². The Bertz CT molecular complexity index is 496. The van der Waals surface area contributed by atoms with E-state index in [9.17, 15) is 4.79 Å². The molecule has 1 aliphatic heterocycles. The molecule has 1 aromatic carbocycles. The number of halogens is 3. The molecule has 6 heteroatoms. The highest BCUT2D eigenvalue weighted by Crippen LogP contribution is 2.41. The summed E-state index contributed by atoms with van der Waals surface area (Å²) in [6.45, 7) is 2.76. The molecule has 1 aromatic rings. The summed E-state index contributed by atoms with van der Waals surface area (Å²) in [4.78, 5) is 12.4. The lowest BCUT2D eigenvalue weighted by molar-refractivity contribution is -0.106. The van der Waals surface area contributed by atoms with Gasteiger partial charge in [-0.2, -0.15) is 0 Å². The summed E-state index contributed by atoms with van der Waals surface area (Å²) in [5.41, 5.74) is 2.16. The van der Waals surface area contributed by atoms with Crippen molar-refractivity contribution in [2.45, 2.75) is 30.6 Å². The van der Waals surface area contributed by atoms with Gasteiger partial charge in [0.25, 0.3) is 0 Å². The molecule has 0 amide bonds. The number of alkyl halides is 2. The zero-order chi connectivity index (χ0) is 14.7. The van der Waals surface area contributed by atoms with Gasteiger partial charge < -0.3 is 14.4 Å². The summed E-state index contributed by atoms with van der Waals surface area (Å²) in [6, 6.07) is 4.29. The molecule has 1 atom stereocenters. The highest BCUT2D eigenvalue weighted by Gasteiger charge is 2.26. The van der Waals surface area contributed by atoms with Crippen LogP contribution in [0.2, 0.25) is 0 Å². The van der Waals surface area contributed by atoms with Gasteiger partial charge in [-0.1, -0.05) is 0 Å². The number of hydrogen-bond acceptors (Lipinski definition) is 3. The molecular formula is C14H16BrCl2NO2. The quantitative estimate of drug-likeness (QED) is 0.571. The average Bonchev–Trinajstić information content (AvgIpc) is 2.40. The molecule has 0 aliphatic carbocycles. The number of carbonyl (C=O) groups excluding carboxylic acids is 1. The Balaban J connectivity index is 2.37. The van der Waals surface area contributed by atoms with Gasteiger partial charge >= 0.3 is 0 Å². The Kier molecular flexibility index (Phi) is 5.58. The first kappa shape index (κ1) is 15.9. The monoisotopic (exact) mass is 379 g/mol. The van der Waals surface area contributed by atoms with Crippen molar-refractivity contribution in [3.63, 3.8) is 0 Å². The molecule has 0 N–H and O–H groups in total. The van der Waals surface area contributed by atoms with E-state index in [1.165, 1.54) is 0 Å². The fourth-order valence-electron chi connectivity index (χ4n) is 2.51. The van der Waals surface area contributed by atoms with Gasteiger partial charge in [-0.25, -0.2) is 0 Å². The predicted molar refractivity (Wildman–Crippen MR) is 86.3 cm³/mol. The van der Waals surface area contributed by atoms with Gasteiger partial charge in [-0.05, 0) is 47.8 Å². The molecule has 20 heavy (non-hydrogen) atoms. The van der Waals surface area contributed by atoms with Crippen LogP contribution in [-0.2, 0) is 11.2 Å². The molecule has 3 nitrogen and oxygen atoms in total. The standard InChI is InChI=1S/C14H16BrCl2NO2/c1-9-2-3-10-12(18(9)6-7-19)5-4-11(15)14(10)20-8-13(16)17/h4-5,7,9,13H,2-3,6,8H2,1H3/t9-/m0/s1. The summed E-state index contributed by atoms with van der Waals surface area (Å²) >= 11 is 15.0. The number of carbonyl (C=O) groups is 1. The maximum absolute atomic E-state index is 10.9. The summed E-state index contributed by atoms with van der Waals surface area (Å²) < 4.78 is 6.61. The fraction of sp³-hybridized carbons (Fsp3) is 0.500. The van der Waals surface area contributed by atoms with Crippen molar-refractivity contribution in [2.75, 3.05) is 18.1 Å². The zero-order valence-corrected chi connectivity index (χ0v) is 14.2. The number of ether oxygens (including phenoxy) is 1. The van der Waals surface area contributed by atoms with E-state index in [1.54, 1.807) is 0 Å². The van der Waals surface area contributed by atoms with Gasteiger partial charge in [0.2, 0.25) is 0 Å². The number of aldehydes is 1. The van der Waals surface area contributed by atoms with Crippen molar-refractivity contribution in [3.8, 4) is 5.75 Å². The molecular weight excluding hydrogens is 365 g/mol. The first-order valence-electron chi connectivity index (χ1n) is 6.47. The first-order chi connectivity index (χ1) is 9.54. The molecule has 0 aromatic heterocycles. The van der Waals surface area contributed by atoms with Crippen LogP contribution < -0.4 is 9.64 Å². The second kappa shape index (κ2) is 7.01. The number of nitrogens with zero attached hydrogens (tertiary/aromatic N) is 1. The highest BCUT2D eigenvalue weighted by atomic mass is 79.9. The molecule has 0 fully saturated rings. The third-order valence-corrected chi connectivity index (χ3v) is 4.34. The minimum atomic E-state index is -0.564. The lowest BCUT2D eigenvalue weighted by Gasteiger charge is -2.36. The van der Waals surface area contributed by atoms with E-state index in [2.05, 4.69) is 27.8 Å². The Morgan fingerprint density at radius 3 is 2.95 bits per heavy atom. The Morgan fingerprint density at radius 2 is 2.30 bits per heavy atom. The Morgan fingerprint density at radius 1 is 1.55 bits per heavy atom. The van der Waals surface area contributed by atoms with Crippen LogP contribution in [0.25, 0.3) is 0 Å². The predicted octanol–water partition coefficient (Wildman–Crippen LogP) is 3.97. The molecule has 0 saturated carbocycles. The molecule has 2 rings (SSSR count). The van der Waals surface area contributed by atoms with Crippen molar-refractivity contribution in [1.82, 2.24) is 0 Å². The molecule has 110 valence electrons. The van der Waals surface area contributed by atoms with Gasteiger partial charge in [-0.15, -0.1) is 23.2 Å². The van der Waals surface area contributed by atoms with Crippen LogP contribution in [-0.4, -0.2) is 30.3 Å². The van der Waals surface area contributed by atoms with Gasteiger partial charge in [0, 0.05) is 17.3 Å². The smallest absolute Gasteiger partial charge is 0.141 e. The molecule has 0 saturated heterocycles. The minimum absolute atomic E-state index is 0.237. The number of hydrogen-bond donors (Lipinski definition) is 0. The third kappa shape index (κ3) is 3.41. The maximum Gasteiger partial charge on any atom is 0.141 e. The minimum Gasteiger partial charge on any atom is -0.489 e. The van der Waals surface area contributed by atoms with E-state index in [-0.39, 0.29) is 6.61 Å². The van der Waals surface area contributed by atoms with E-state index < -0.39 is 4.84 Å². The van der Waals surface area contributed by atoms with E-state index >= 15 is 0 Å². The molecule has 0 radical (unpaired) electrons. The van der Waals surface area contributed by atoms with E-state index in [1.807, 2.05) is 12.1 Å². The van der Waals surface area contributed by atoms with Crippen molar-refractivity contribution in [2.24, 2.45) is 0 Å². The highest BCUT2D eigenvalue weighted by molar-refractivity contribution is 9.10. The van der Waals surface area contributed by atoms with Crippen molar-refractivity contribution in [1.29, 1.82) is 0 Å². The van der Waals surface area contributed by atoms with E-state index in [4.69, 9.17) is 27.9 Å². The number of benzene rings is 1. The van der Waals surface area contributed by atoms with Crippen LogP contribution in [0.4, 0.5) is 5.69 Å². The van der Waals surface area contributed by atoms with Crippen molar-refractivity contribution in [3.05, 3.63) is 22.2 Å². The second-order valence-corrected chi connectivity index (χ2v) is 6.91. The van der Waals surface area contributed by atoms with Crippen LogP contribution in [0, 0.1) is 0 Å². The molecule has 0 bridgehead atoms. The number of fused-ring (bicyclic) bond motifs is 1. The molecule has 0 unspecified atom stereocenters. The molecule has 1 heterocycles. The van der Waals surface area contributed by atoms with Crippen LogP contribution in [0.3, 0.4) is 0 Å². The van der Waals surface area contributed by atoms with Gasteiger partial charge in [0.15, 0.2) is 0 Å². The van der Waals surface area contributed by atoms with Crippen LogP contribution in [0.1, 0.15) is 18.9 Å². The van der Waals surface area contributed by atoms with Crippen molar-refractivity contribution < 1.29 is 9.53 Å². The number of anilines is 1. The van der Waals surface area contributed by atoms with Crippen LogP contribution >= 0.6 is 39.1 Å².